The van der Waals surface area contributed by atoms with Gasteiger partial charge in [0.25, 0.3) is 0 Å². The molecule has 3 aromatic rings. The molecule has 3 aromatic carbocycles. The summed E-state index contributed by atoms with van der Waals surface area (Å²) in [5, 5.41) is 12.7. The van der Waals surface area contributed by atoms with Crippen LogP contribution in [0.4, 0.5) is 10.5 Å². The number of nitrogens with one attached hydrogen (secondary N) is 1. The van der Waals surface area contributed by atoms with E-state index in [1.807, 2.05) is 68.4 Å². The number of para-hydroxylation sites is 1. The molecule has 2 atom stereocenters. The zero-order valence-corrected chi connectivity index (χ0v) is 23.7. The number of aromatic carboxylic acids is 1. The first-order valence-corrected chi connectivity index (χ1v) is 14.0. The van der Waals surface area contributed by atoms with Gasteiger partial charge < -0.3 is 24.8 Å². The first-order chi connectivity index (χ1) is 19.3. The fourth-order valence-electron chi connectivity index (χ4n) is 5.29. The van der Waals surface area contributed by atoms with Crippen LogP contribution in [0.15, 0.2) is 66.7 Å². The van der Waals surface area contributed by atoms with Crippen LogP contribution in [0.25, 0.3) is 0 Å². The van der Waals surface area contributed by atoms with Crippen LogP contribution < -0.4 is 5.32 Å². The summed E-state index contributed by atoms with van der Waals surface area (Å²) in [6.07, 6.45) is 3.64. The lowest BCUT2D eigenvalue weighted by molar-refractivity contribution is -0.0524. The second-order valence-electron chi connectivity index (χ2n) is 10.7. The third kappa shape index (κ3) is 8.16. The van der Waals surface area contributed by atoms with E-state index < -0.39 is 5.97 Å². The molecule has 0 radical (unpaired) electrons. The predicted molar refractivity (Wildman–Crippen MR) is 157 cm³/mol. The van der Waals surface area contributed by atoms with Crippen LogP contribution in [0.5, 0.6) is 0 Å². The number of carboxylic acids is 1. The van der Waals surface area contributed by atoms with Gasteiger partial charge >= 0.3 is 12.0 Å². The molecule has 2 amide bonds. The summed E-state index contributed by atoms with van der Waals surface area (Å²) >= 11 is 0. The number of benzene rings is 3. The second kappa shape index (κ2) is 14.1. The number of amides is 2. The van der Waals surface area contributed by atoms with E-state index in [-0.39, 0.29) is 24.8 Å². The summed E-state index contributed by atoms with van der Waals surface area (Å²) in [6, 6.07) is 21.3. The van der Waals surface area contributed by atoms with Gasteiger partial charge in [0.2, 0.25) is 0 Å². The summed E-state index contributed by atoms with van der Waals surface area (Å²) in [6.45, 7) is 7.47. The van der Waals surface area contributed by atoms with Crippen LogP contribution in [0.3, 0.4) is 0 Å². The van der Waals surface area contributed by atoms with Crippen molar-refractivity contribution in [1.29, 1.82) is 0 Å². The summed E-state index contributed by atoms with van der Waals surface area (Å²) in [4.78, 5) is 26.8. The number of hydrogen-bond acceptors (Lipinski definition) is 4. The van der Waals surface area contributed by atoms with Gasteiger partial charge in [0.1, 0.15) is 0 Å². The number of hydrogen-bond donors (Lipinski definition) is 2. The molecule has 0 saturated heterocycles. The smallest absolute Gasteiger partial charge is 0.336 e. The van der Waals surface area contributed by atoms with Gasteiger partial charge in [-0.1, -0.05) is 66.2 Å². The highest BCUT2D eigenvalue weighted by molar-refractivity contribution is 5.91. The van der Waals surface area contributed by atoms with Crippen molar-refractivity contribution in [2.45, 2.75) is 71.8 Å². The van der Waals surface area contributed by atoms with Crippen LogP contribution in [-0.4, -0.2) is 47.4 Å². The number of nitrogens with zero attached hydrogens (tertiary/aromatic N) is 1. The van der Waals surface area contributed by atoms with Crippen molar-refractivity contribution in [3.8, 4) is 0 Å². The van der Waals surface area contributed by atoms with E-state index >= 15 is 0 Å². The Bertz CT molecular complexity index is 1310. The molecular formula is C33H40N2O5. The summed E-state index contributed by atoms with van der Waals surface area (Å²) in [5.41, 5.74) is 5.79. The molecule has 1 saturated carbocycles. The fourth-order valence-corrected chi connectivity index (χ4v) is 5.29. The Labute approximate surface area is 237 Å². The number of ether oxygens (including phenoxy) is 2. The highest BCUT2D eigenvalue weighted by Crippen LogP contribution is 2.26. The van der Waals surface area contributed by atoms with Gasteiger partial charge in [0.05, 0.1) is 31.0 Å². The SMILES string of the molecule is Cc1cccc(CN(CCO[C@H]2CCCC(OCc3cccc(C)c3C(=O)O)C2)C(=O)Nc2ccccc2C)c1. The van der Waals surface area contributed by atoms with Gasteiger partial charge in [-0.2, -0.15) is 0 Å². The first-order valence-electron chi connectivity index (χ1n) is 14.0. The van der Waals surface area contributed by atoms with E-state index in [9.17, 15) is 14.7 Å². The second-order valence-corrected chi connectivity index (χ2v) is 10.7. The zero-order chi connectivity index (χ0) is 28.5. The van der Waals surface area contributed by atoms with Crippen molar-refractivity contribution in [3.63, 3.8) is 0 Å². The quantitative estimate of drug-likeness (QED) is 0.274. The third-order valence-electron chi connectivity index (χ3n) is 7.47. The highest BCUT2D eigenvalue weighted by Gasteiger charge is 2.25. The van der Waals surface area contributed by atoms with E-state index in [2.05, 4.69) is 11.4 Å². The van der Waals surface area contributed by atoms with E-state index in [1.54, 1.807) is 17.9 Å². The number of anilines is 1. The average Bonchev–Trinajstić information content (AvgIpc) is 2.92. The van der Waals surface area contributed by atoms with Crippen molar-refractivity contribution in [3.05, 3.63) is 100 Å². The monoisotopic (exact) mass is 544 g/mol. The molecule has 1 unspecified atom stereocenters. The molecule has 0 aliphatic heterocycles. The molecule has 0 bridgehead atoms. The maximum atomic E-state index is 13.3. The van der Waals surface area contributed by atoms with Gasteiger partial charge in [0.15, 0.2) is 0 Å². The lowest BCUT2D eigenvalue weighted by atomic mass is 9.94. The summed E-state index contributed by atoms with van der Waals surface area (Å²) in [5.74, 6) is -0.928. The Morgan fingerprint density at radius 3 is 2.40 bits per heavy atom. The third-order valence-corrected chi connectivity index (χ3v) is 7.47. The van der Waals surface area contributed by atoms with Crippen molar-refractivity contribution >= 4 is 17.7 Å². The molecule has 7 heteroatoms. The highest BCUT2D eigenvalue weighted by atomic mass is 16.5. The normalized spacial score (nSPS) is 16.9. The largest absolute Gasteiger partial charge is 0.478 e. The lowest BCUT2D eigenvalue weighted by Gasteiger charge is -2.30. The number of rotatable bonds is 11. The standard InChI is InChI=1S/C33H40N2O5/c1-23-9-6-12-26(19-23)21-35(33(38)34-30-16-5-4-10-24(30)2)17-18-39-28-14-8-15-29(20-28)40-22-27-13-7-11-25(3)31(27)32(36)37/h4-7,9-13,16,19,28-29H,8,14-15,17-18,20-22H2,1-3H3,(H,34,38)(H,36,37)/t28-,29?/m0/s1. The average molecular weight is 545 g/mol. The number of carbonyl (C=O) groups is 2. The molecule has 0 spiro atoms. The maximum Gasteiger partial charge on any atom is 0.336 e. The number of aryl methyl sites for hydroxylation is 3. The van der Waals surface area contributed by atoms with E-state index in [1.165, 1.54) is 0 Å². The summed E-state index contributed by atoms with van der Waals surface area (Å²) < 4.78 is 12.4. The van der Waals surface area contributed by atoms with Crippen molar-refractivity contribution in [1.82, 2.24) is 4.90 Å². The lowest BCUT2D eigenvalue weighted by Crippen LogP contribution is -2.38. The zero-order valence-electron chi connectivity index (χ0n) is 23.7. The minimum Gasteiger partial charge on any atom is -0.478 e. The maximum absolute atomic E-state index is 13.3. The molecule has 1 aliphatic carbocycles. The molecule has 212 valence electrons. The molecular weight excluding hydrogens is 504 g/mol. The molecule has 40 heavy (non-hydrogen) atoms. The Morgan fingerprint density at radius 1 is 0.925 bits per heavy atom. The van der Waals surface area contributed by atoms with Gasteiger partial charge in [-0.3, -0.25) is 0 Å². The Morgan fingerprint density at radius 2 is 1.65 bits per heavy atom. The minimum absolute atomic E-state index is 0.00802. The first kappa shape index (κ1) is 29.3. The molecule has 7 nitrogen and oxygen atoms in total. The molecule has 0 aromatic heterocycles. The van der Waals surface area contributed by atoms with Crippen LogP contribution in [0.2, 0.25) is 0 Å². The molecule has 1 aliphatic rings. The van der Waals surface area contributed by atoms with Gasteiger partial charge in [-0.25, -0.2) is 9.59 Å². The number of carbonyl (C=O) groups excluding carboxylic acids is 1. The van der Waals surface area contributed by atoms with Crippen LogP contribution in [-0.2, 0) is 22.6 Å². The molecule has 2 N–H and O–H groups in total. The van der Waals surface area contributed by atoms with Crippen molar-refractivity contribution < 1.29 is 24.2 Å². The van der Waals surface area contributed by atoms with Crippen molar-refractivity contribution in [2.75, 3.05) is 18.5 Å². The predicted octanol–water partition coefficient (Wildman–Crippen LogP) is 6.89. The van der Waals surface area contributed by atoms with Crippen molar-refractivity contribution in [2.24, 2.45) is 0 Å². The van der Waals surface area contributed by atoms with Crippen LogP contribution >= 0.6 is 0 Å². The molecule has 4 rings (SSSR count). The van der Waals surface area contributed by atoms with Gasteiger partial charge in [-0.05, 0) is 74.8 Å². The topological polar surface area (TPSA) is 88.1 Å². The van der Waals surface area contributed by atoms with Crippen LogP contribution in [0.1, 0.15) is 63.9 Å². The summed E-state index contributed by atoms with van der Waals surface area (Å²) in [7, 11) is 0. The Balaban J connectivity index is 1.33. The fraction of sp³-hybridized carbons (Fsp3) is 0.394. The Hall–Kier alpha value is -3.68. The van der Waals surface area contributed by atoms with E-state index in [0.717, 1.165) is 53.6 Å². The molecule has 0 heterocycles. The number of carboxylic acid groups (broad SMARTS) is 1. The van der Waals surface area contributed by atoms with Gasteiger partial charge in [0, 0.05) is 18.8 Å². The van der Waals surface area contributed by atoms with Crippen LogP contribution in [0, 0.1) is 20.8 Å². The van der Waals surface area contributed by atoms with Gasteiger partial charge in [-0.15, -0.1) is 0 Å². The molecule has 1 fully saturated rings. The van der Waals surface area contributed by atoms with E-state index in [4.69, 9.17) is 9.47 Å². The number of urea groups is 1. The minimum atomic E-state index is -0.928. The van der Waals surface area contributed by atoms with E-state index in [0.29, 0.717) is 30.8 Å². The Kier molecular flexibility index (Phi) is 10.3.